The fraction of sp³-hybridized carbons (Fsp3) is 0.265. The maximum absolute atomic E-state index is 13.3. The van der Waals surface area contributed by atoms with Gasteiger partial charge in [-0.1, -0.05) is 68.1 Å². The second kappa shape index (κ2) is 10.9. The summed E-state index contributed by atoms with van der Waals surface area (Å²) in [6, 6.07) is 27.4. The van der Waals surface area contributed by atoms with Crippen molar-refractivity contribution in [2.45, 2.75) is 45.1 Å². The Morgan fingerprint density at radius 1 is 0.825 bits per heavy atom. The minimum Gasteiger partial charge on any atom is -0.456 e. The molecule has 0 amide bonds. The number of rotatable bonds is 9. The normalized spacial score (nSPS) is 16.5. The zero-order valence-corrected chi connectivity index (χ0v) is 23.6. The standard InChI is InChI=1S/C34H33ClN2O3/c1-3-5-6-11-20-37(4-2)24-17-18-27-32(22-24)39-31-19-16-23(36-30-15-10-9-14-29(30)35)21-28(31)34(27)26-13-8-7-12-25(26)33(38)40-34/h7-10,12-19,21-22,36H,3-6,11,20H2,1-2H3/t34-/m0/s1. The van der Waals surface area contributed by atoms with Crippen LogP contribution in [0.3, 0.4) is 0 Å². The zero-order chi connectivity index (χ0) is 27.7. The van der Waals surface area contributed by atoms with Gasteiger partial charge in [-0.15, -0.1) is 0 Å². The Bertz CT molecular complexity index is 1570. The number of para-hydroxylation sites is 1. The number of hydrogen-bond acceptors (Lipinski definition) is 5. The number of anilines is 3. The van der Waals surface area contributed by atoms with Crippen LogP contribution >= 0.6 is 11.6 Å². The van der Waals surface area contributed by atoms with E-state index in [4.69, 9.17) is 21.1 Å². The van der Waals surface area contributed by atoms with Gasteiger partial charge in [-0.3, -0.25) is 0 Å². The van der Waals surface area contributed by atoms with Crippen molar-refractivity contribution in [1.82, 2.24) is 0 Å². The van der Waals surface area contributed by atoms with Crippen LogP contribution in [-0.4, -0.2) is 19.1 Å². The van der Waals surface area contributed by atoms with Crippen molar-refractivity contribution < 1.29 is 14.3 Å². The molecular weight excluding hydrogens is 520 g/mol. The van der Waals surface area contributed by atoms with E-state index < -0.39 is 5.60 Å². The van der Waals surface area contributed by atoms with Gasteiger partial charge in [0.15, 0.2) is 5.60 Å². The second-order valence-electron chi connectivity index (χ2n) is 10.4. The summed E-state index contributed by atoms with van der Waals surface area (Å²) < 4.78 is 12.9. The summed E-state index contributed by atoms with van der Waals surface area (Å²) in [5, 5.41) is 4.04. The van der Waals surface area contributed by atoms with Gasteiger partial charge >= 0.3 is 5.97 Å². The van der Waals surface area contributed by atoms with E-state index in [0.717, 1.165) is 53.3 Å². The van der Waals surface area contributed by atoms with Crippen LogP contribution in [-0.2, 0) is 10.3 Å². The summed E-state index contributed by atoms with van der Waals surface area (Å²) in [6.07, 6.45) is 4.85. The van der Waals surface area contributed by atoms with Crippen molar-refractivity contribution in [1.29, 1.82) is 0 Å². The highest BCUT2D eigenvalue weighted by Crippen LogP contribution is 2.57. The molecule has 1 N–H and O–H groups in total. The lowest BCUT2D eigenvalue weighted by Crippen LogP contribution is -2.33. The van der Waals surface area contributed by atoms with Crippen LogP contribution in [0, 0.1) is 0 Å². The Morgan fingerprint density at radius 3 is 2.48 bits per heavy atom. The topological polar surface area (TPSA) is 50.8 Å². The van der Waals surface area contributed by atoms with Crippen LogP contribution in [0.25, 0.3) is 0 Å². The van der Waals surface area contributed by atoms with E-state index in [2.05, 4.69) is 42.3 Å². The lowest BCUT2D eigenvalue weighted by atomic mass is 9.77. The molecule has 0 aromatic heterocycles. The van der Waals surface area contributed by atoms with Crippen molar-refractivity contribution >= 4 is 34.6 Å². The van der Waals surface area contributed by atoms with Gasteiger partial charge in [-0.05, 0) is 61.9 Å². The Morgan fingerprint density at radius 2 is 1.65 bits per heavy atom. The first-order valence-corrected chi connectivity index (χ1v) is 14.5. The molecule has 40 heavy (non-hydrogen) atoms. The molecule has 2 aliphatic heterocycles. The van der Waals surface area contributed by atoms with E-state index >= 15 is 0 Å². The molecule has 6 heteroatoms. The quantitative estimate of drug-likeness (QED) is 0.166. The Balaban J connectivity index is 1.45. The summed E-state index contributed by atoms with van der Waals surface area (Å²) in [5.41, 5.74) is 4.58. The number of carbonyl (C=O) groups is 1. The predicted molar refractivity (Wildman–Crippen MR) is 161 cm³/mol. The molecule has 1 spiro atoms. The zero-order valence-electron chi connectivity index (χ0n) is 22.9. The monoisotopic (exact) mass is 552 g/mol. The average molecular weight is 553 g/mol. The van der Waals surface area contributed by atoms with E-state index in [1.165, 1.54) is 19.3 Å². The number of esters is 1. The smallest absolute Gasteiger partial charge is 0.340 e. The fourth-order valence-electron chi connectivity index (χ4n) is 5.85. The minimum atomic E-state index is -1.12. The summed E-state index contributed by atoms with van der Waals surface area (Å²) in [5.74, 6) is 1.02. The first-order valence-electron chi connectivity index (χ1n) is 14.1. The molecule has 204 valence electrons. The number of unbranched alkanes of at least 4 members (excludes halogenated alkanes) is 3. The number of benzene rings is 4. The molecule has 5 nitrogen and oxygen atoms in total. The molecular formula is C34H33ClN2O3. The predicted octanol–water partition coefficient (Wildman–Crippen LogP) is 9.06. The summed E-state index contributed by atoms with van der Waals surface area (Å²) in [4.78, 5) is 15.6. The third-order valence-electron chi connectivity index (χ3n) is 7.88. The third-order valence-corrected chi connectivity index (χ3v) is 8.21. The summed E-state index contributed by atoms with van der Waals surface area (Å²) in [6.45, 7) is 6.31. The third kappa shape index (κ3) is 4.48. The van der Waals surface area contributed by atoms with E-state index in [9.17, 15) is 4.79 Å². The van der Waals surface area contributed by atoms with Gasteiger partial charge in [0.25, 0.3) is 0 Å². The number of carbonyl (C=O) groups excluding carboxylic acids is 1. The Hall–Kier alpha value is -3.96. The molecule has 2 heterocycles. The van der Waals surface area contributed by atoms with E-state index in [0.29, 0.717) is 22.1 Å². The number of fused-ring (bicyclic) bond motifs is 6. The van der Waals surface area contributed by atoms with Crippen LogP contribution < -0.4 is 15.0 Å². The molecule has 2 aliphatic rings. The molecule has 0 fully saturated rings. The fourth-order valence-corrected chi connectivity index (χ4v) is 6.04. The SMILES string of the molecule is CCCCCCN(CC)c1ccc2c(c1)Oc1ccc(Nc3ccccc3Cl)cc1[C@@]21OC(=O)c2ccccc21. The lowest BCUT2D eigenvalue weighted by molar-refractivity contribution is 0.0224. The van der Waals surface area contributed by atoms with Gasteiger partial charge in [-0.2, -0.15) is 0 Å². The molecule has 4 aromatic carbocycles. The highest BCUT2D eigenvalue weighted by molar-refractivity contribution is 6.33. The highest BCUT2D eigenvalue weighted by Gasteiger charge is 2.53. The number of nitrogens with zero attached hydrogens (tertiary/aromatic N) is 1. The molecule has 0 saturated carbocycles. The molecule has 0 unspecified atom stereocenters. The van der Waals surface area contributed by atoms with Gasteiger partial charge < -0.3 is 19.7 Å². The van der Waals surface area contributed by atoms with Crippen molar-refractivity contribution in [2.24, 2.45) is 0 Å². The molecule has 0 bridgehead atoms. The second-order valence-corrected chi connectivity index (χ2v) is 10.8. The number of nitrogens with one attached hydrogen (secondary N) is 1. The van der Waals surface area contributed by atoms with Gasteiger partial charge in [0.05, 0.1) is 16.3 Å². The van der Waals surface area contributed by atoms with Crippen LogP contribution in [0.4, 0.5) is 17.1 Å². The number of hydrogen-bond donors (Lipinski definition) is 1. The van der Waals surface area contributed by atoms with Gasteiger partial charge in [0.2, 0.25) is 0 Å². The summed E-state index contributed by atoms with van der Waals surface area (Å²) in [7, 11) is 0. The average Bonchev–Trinajstić information content (AvgIpc) is 3.27. The number of ether oxygens (including phenoxy) is 2. The maximum Gasteiger partial charge on any atom is 0.340 e. The van der Waals surface area contributed by atoms with E-state index in [1.54, 1.807) is 0 Å². The molecule has 0 saturated heterocycles. The Kier molecular flexibility index (Phi) is 7.16. The minimum absolute atomic E-state index is 0.339. The molecule has 0 aliphatic carbocycles. The molecule has 0 radical (unpaired) electrons. The summed E-state index contributed by atoms with van der Waals surface area (Å²) >= 11 is 6.43. The number of halogens is 1. The highest BCUT2D eigenvalue weighted by atomic mass is 35.5. The van der Waals surface area contributed by atoms with E-state index in [-0.39, 0.29) is 5.97 Å². The van der Waals surface area contributed by atoms with Gasteiger partial charge in [0, 0.05) is 47.2 Å². The first-order chi connectivity index (χ1) is 19.5. The van der Waals surface area contributed by atoms with Crippen LogP contribution in [0.2, 0.25) is 5.02 Å². The van der Waals surface area contributed by atoms with Crippen molar-refractivity contribution in [2.75, 3.05) is 23.3 Å². The van der Waals surface area contributed by atoms with Crippen molar-refractivity contribution in [3.63, 3.8) is 0 Å². The first kappa shape index (κ1) is 26.3. The Labute approximate surface area is 240 Å². The maximum atomic E-state index is 13.3. The molecule has 6 rings (SSSR count). The molecule has 1 atom stereocenters. The van der Waals surface area contributed by atoms with Crippen LogP contribution in [0.1, 0.15) is 66.6 Å². The van der Waals surface area contributed by atoms with Gasteiger partial charge in [-0.25, -0.2) is 4.79 Å². The van der Waals surface area contributed by atoms with Gasteiger partial charge in [0.1, 0.15) is 11.5 Å². The largest absolute Gasteiger partial charge is 0.456 e. The van der Waals surface area contributed by atoms with Crippen LogP contribution in [0.5, 0.6) is 11.5 Å². The van der Waals surface area contributed by atoms with E-state index in [1.807, 2.05) is 66.7 Å². The van der Waals surface area contributed by atoms with Crippen molar-refractivity contribution in [3.8, 4) is 11.5 Å². The molecule has 4 aromatic rings. The van der Waals surface area contributed by atoms with Crippen molar-refractivity contribution in [3.05, 3.63) is 112 Å². The lowest BCUT2D eigenvalue weighted by Gasteiger charge is -2.37. The van der Waals surface area contributed by atoms with Crippen LogP contribution in [0.15, 0.2) is 84.9 Å².